The molecular weight excluding hydrogens is 306 g/mol. The average molecular weight is 324 g/mol. The van der Waals surface area contributed by atoms with Crippen LogP contribution in [0.4, 0.5) is 0 Å². The summed E-state index contributed by atoms with van der Waals surface area (Å²) in [5, 5.41) is 9.47. The third kappa shape index (κ3) is 2.92. The van der Waals surface area contributed by atoms with Crippen LogP contribution >= 0.6 is 27.7 Å². The summed E-state index contributed by atoms with van der Waals surface area (Å²) < 4.78 is 0.867. The summed E-state index contributed by atoms with van der Waals surface area (Å²) >= 11 is 5.20. The van der Waals surface area contributed by atoms with E-state index in [2.05, 4.69) is 54.9 Å². The van der Waals surface area contributed by atoms with Crippen LogP contribution in [-0.2, 0) is 0 Å². The molecule has 18 heavy (non-hydrogen) atoms. The second-order valence-electron chi connectivity index (χ2n) is 6.14. The van der Waals surface area contributed by atoms with Gasteiger partial charge in [-0.1, -0.05) is 42.8 Å². The Bertz CT molecular complexity index is 478. The van der Waals surface area contributed by atoms with Gasteiger partial charge in [-0.15, -0.1) is 11.8 Å². The van der Waals surface area contributed by atoms with Crippen LogP contribution in [-0.4, -0.2) is 4.75 Å². The first-order chi connectivity index (χ1) is 8.35. The van der Waals surface area contributed by atoms with Crippen molar-refractivity contribution >= 4 is 27.7 Å². The van der Waals surface area contributed by atoms with Crippen LogP contribution in [0, 0.1) is 22.7 Å². The van der Waals surface area contributed by atoms with Gasteiger partial charge in [0.2, 0.25) is 0 Å². The zero-order chi connectivity index (χ0) is 13.4. The Labute approximate surface area is 122 Å². The number of rotatable bonds is 2. The first-order valence-electron chi connectivity index (χ1n) is 6.20. The molecule has 0 bridgehead atoms. The van der Waals surface area contributed by atoms with Gasteiger partial charge in [0.15, 0.2) is 0 Å². The molecule has 96 valence electrons. The van der Waals surface area contributed by atoms with Gasteiger partial charge in [-0.2, -0.15) is 5.26 Å². The molecule has 1 nitrogen and oxygen atoms in total. The van der Waals surface area contributed by atoms with Crippen LogP contribution in [0.2, 0.25) is 0 Å². The quantitative estimate of drug-likeness (QED) is 0.741. The van der Waals surface area contributed by atoms with Crippen LogP contribution in [0.15, 0.2) is 33.6 Å². The molecule has 0 radical (unpaired) electrons. The molecule has 0 unspecified atom stereocenters. The number of benzene rings is 1. The predicted molar refractivity (Wildman–Crippen MR) is 80.5 cm³/mol. The zero-order valence-electron chi connectivity index (χ0n) is 11.0. The number of hydrogen-bond donors (Lipinski definition) is 0. The van der Waals surface area contributed by atoms with E-state index in [4.69, 9.17) is 0 Å². The molecule has 3 heteroatoms. The topological polar surface area (TPSA) is 23.8 Å². The van der Waals surface area contributed by atoms with Gasteiger partial charge >= 0.3 is 0 Å². The predicted octanol–water partition coefficient (Wildman–Crippen LogP) is 5.26. The molecule has 0 heterocycles. The molecule has 1 aromatic carbocycles. The maximum Gasteiger partial charge on any atom is 0.108 e. The van der Waals surface area contributed by atoms with E-state index in [9.17, 15) is 5.26 Å². The number of halogens is 1. The number of nitriles is 1. The summed E-state index contributed by atoms with van der Waals surface area (Å²) in [5.74, 6) is 0.664. The van der Waals surface area contributed by atoms with Gasteiger partial charge in [0.1, 0.15) is 4.75 Å². The maximum absolute atomic E-state index is 9.47. The minimum Gasteiger partial charge on any atom is -0.197 e. The highest BCUT2D eigenvalue weighted by Gasteiger charge is 2.49. The molecule has 1 aromatic rings. The summed E-state index contributed by atoms with van der Waals surface area (Å²) in [6.45, 7) is 6.80. The van der Waals surface area contributed by atoms with Gasteiger partial charge in [-0.25, -0.2) is 0 Å². The molecule has 0 aliphatic heterocycles. The molecule has 0 spiro atoms. The molecule has 1 aliphatic rings. The summed E-state index contributed by atoms with van der Waals surface area (Å²) in [7, 11) is 0. The van der Waals surface area contributed by atoms with Crippen molar-refractivity contribution in [3.8, 4) is 6.07 Å². The van der Waals surface area contributed by atoms with Crippen LogP contribution in [0.5, 0.6) is 0 Å². The Morgan fingerprint density at radius 3 is 2.56 bits per heavy atom. The SMILES string of the molecule is CC(C)(C)C1CC(C#N)(Sc2cccc(Br)c2)C1. The van der Waals surface area contributed by atoms with E-state index in [0.29, 0.717) is 11.3 Å². The van der Waals surface area contributed by atoms with Gasteiger partial charge < -0.3 is 0 Å². The first-order valence-corrected chi connectivity index (χ1v) is 7.81. The number of hydrogen-bond acceptors (Lipinski definition) is 2. The van der Waals surface area contributed by atoms with Crippen LogP contribution < -0.4 is 0 Å². The van der Waals surface area contributed by atoms with E-state index in [1.807, 2.05) is 12.1 Å². The molecular formula is C15H18BrNS. The zero-order valence-corrected chi connectivity index (χ0v) is 13.4. The molecule has 0 amide bonds. The molecule has 0 atom stereocenters. The van der Waals surface area contributed by atoms with Crippen molar-refractivity contribution in [2.45, 2.75) is 43.3 Å². The third-order valence-electron chi connectivity index (χ3n) is 3.69. The fourth-order valence-corrected chi connectivity index (χ4v) is 4.25. The molecule has 0 aromatic heterocycles. The third-order valence-corrected chi connectivity index (χ3v) is 5.49. The second kappa shape index (κ2) is 4.90. The van der Waals surface area contributed by atoms with Crippen LogP contribution in [0.1, 0.15) is 33.6 Å². The fraction of sp³-hybridized carbons (Fsp3) is 0.533. The van der Waals surface area contributed by atoms with Crippen LogP contribution in [0.3, 0.4) is 0 Å². The summed E-state index contributed by atoms with van der Waals surface area (Å²) in [6, 6.07) is 10.7. The fourth-order valence-electron chi connectivity index (χ4n) is 2.30. The lowest BCUT2D eigenvalue weighted by atomic mass is 9.63. The molecule has 1 aliphatic carbocycles. The van der Waals surface area contributed by atoms with Crippen molar-refractivity contribution in [3.05, 3.63) is 28.7 Å². The maximum atomic E-state index is 9.47. The van der Waals surface area contributed by atoms with Crippen molar-refractivity contribution in [1.82, 2.24) is 0 Å². The van der Waals surface area contributed by atoms with Crippen molar-refractivity contribution in [2.24, 2.45) is 11.3 Å². The highest BCUT2D eigenvalue weighted by atomic mass is 79.9. The Morgan fingerprint density at radius 2 is 2.06 bits per heavy atom. The minimum absolute atomic E-state index is 0.210. The van der Waals surface area contributed by atoms with E-state index in [-0.39, 0.29) is 4.75 Å². The summed E-state index contributed by atoms with van der Waals surface area (Å²) in [4.78, 5) is 1.18. The number of nitrogens with zero attached hydrogens (tertiary/aromatic N) is 1. The van der Waals surface area contributed by atoms with Crippen LogP contribution in [0.25, 0.3) is 0 Å². The Kier molecular flexibility index (Phi) is 3.80. The van der Waals surface area contributed by atoms with Gasteiger partial charge in [0.05, 0.1) is 6.07 Å². The lowest BCUT2D eigenvalue weighted by Crippen LogP contribution is -2.45. The van der Waals surface area contributed by atoms with Crippen molar-refractivity contribution in [3.63, 3.8) is 0 Å². The van der Waals surface area contributed by atoms with E-state index in [0.717, 1.165) is 17.3 Å². The second-order valence-corrected chi connectivity index (χ2v) is 8.51. The Hall–Kier alpha value is -0.460. The monoisotopic (exact) mass is 323 g/mol. The molecule has 1 fully saturated rings. The van der Waals surface area contributed by atoms with E-state index in [1.54, 1.807) is 11.8 Å². The smallest absolute Gasteiger partial charge is 0.108 e. The highest BCUT2D eigenvalue weighted by Crippen LogP contribution is 2.55. The first kappa shape index (κ1) is 14.0. The van der Waals surface area contributed by atoms with Crippen molar-refractivity contribution in [1.29, 1.82) is 5.26 Å². The van der Waals surface area contributed by atoms with Gasteiger partial charge in [-0.3, -0.25) is 0 Å². The van der Waals surface area contributed by atoms with Gasteiger partial charge in [0.25, 0.3) is 0 Å². The van der Waals surface area contributed by atoms with Crippen molar-refractivity contribution < 1.29 is 0 Å². The van der Waals surface area contributed by atoms with Gasteiger partial charge in [-0.05, 0) is 42.4 Å². The van der Waals surface area contributed by atoms with E-state index < -0.39 is 0 Å². The standard InChI is InChI=1S/C15H18BrNS/c1-14(2,3)11-8-15(9-11,10-17)18-13-6-4-5-12(16)7-13/h4-7,11H,8-9H2,1-3H3. The average Bonchev–Trinajstić information content (AvgIpc) is 2.21. The molecule has 1 saturated carbocycles. The normalized spacial score (nSPS) is 27.4. The molecule has 0 N–H and O–H groups in total. The number of thioether (sulfide) groups is 1. The van der Waals surface area contributed by atoms with E-state index in [1.165, 1.54) is 4.90 Å². The summed E-state index contributed by atoms with van der Waals surface area (Å²) in [6.07, 6.45) is 2.01. The molecule has 0 saturated heterocycles. The van der Waals surface area contributed by atoms with Crippen molar-refractivity contribution in [2.75, 3.05) is 0 Å². The lowest BCUT2D eigenvalue weighted by molar-refractivity contribution is 0.122. The minimum atomic E-state index is -0.210. The Morgan fingerprint density at radius 1 is 1.39 bits per heavy atom. The van der Waals surface area contributed by atoms with E-state index >= 15 is 0 Å². The lowest BCUT2D eigenvalue weighted by Gasteiger charge is -2.48. The van der Waals surface area contributed by atoms with Gasteiger partial charge in [0, 0.05) is 9.37 Å². The Balaban J connectivity index is 2.07. The summed E-state index contributed by atoms with van der Waals surface area (Å²) in [5.41, 5.74) is 0.318. The largest absolute Gasteiger partial charge is 0.197 e. The molecule has 2 rings (SSSR count). The highest BCUT2D eigenvalue weighted by molar-refractivity contribution is 9.10.